The van der Waals surface area contributed by atoms with Crippen LogP contribution in [0.2, 0.25) is 0 Å². The first kappa shape index (κ1) is 11.9. The Morgan fingerprint density at radius 1 is 1.24 bits per heavy atom. The normalized spacial score (nSPS) is 12.6. The van der Waals surface area contributed by atoms with Crippen molar-refractivity contribution in [3.05, 3.63) is 59.5 Å². The van der Waals surface area contributed by atoms with E-state index in [1.165, 1.54) is 11.1 Å². The molecule has 1 atom stereocenters. The molecular formula is C15H19NO. The fraction of sp³-hybridized carbons (Fsp3) is 0.333. The highest BCUT2D eigenvalue weighted by Gasteiger charge is 2.13. The zero-order valence-corrected chi connectivity index (χ0v) is 10.4. The van der Waals surface area contributed by atoms with Gasteiger partial charge in [0.25, 0.3) is 0 Å². The van der Waals surface area contributed by atoms with Gasteiger partial charge in [0.05, 0.1) is 6.26 Å². The summed E-state index contributed by atoms with van der Waals surface area (Å²) in [5, 5.41) is 3.26. The van der Waals surface area contributed by atoms with Crippen molar-refractivity contribution in [2.45, 2.75) is 19.3 Å². The fourth-order valence-corrected chi connectivity index (χ4v) is 2.15. The van der Waals surface area contributed by atoms with Crippen LogP contribution in [0, 0.1) is 6.92 Å². The monoisotopic (exact) mass is 229 g/mol. The second kappa shape index (κ2) is 5.69. The molecule has 0 bridgehead atoms. The lowest BCUT2D eigenvalue weighted by atomic mass is 9.93. The number of aryl methyl sites for hydroxylation is 1. The molecule has 1 aromatic carbocycles. The van der Waals surface area contributed by atoms with E-state index in [1.807, 2.05) is 19.2 Å². The average molecular weight is 229 g/mol. The molecule has 0 aliphatic rings. The highest BCUT2D eigenvalue weighted by atomic mass is 16.3. The molecule has 0 saturated heterocycles. The predicted octanol–water partition coefficient (Wildman–Crippen LogP) is 3.13. The first-order valence-electron chi connectivity index (χ1n) is 6.03. The molecule has 2 aromatic rings. The maximum absolute atomic E-state index is 5.43. The van der Waals surface area contributed by atoms with Crippen LogP contribution in [-0.4, -0.2) is 13.6 Å². The van der Waals surface area contributed by atoms with Gasteiger partial charge in [0.1, 0.15) is 5.76 Å². The summed E-state index contributed by atoms with van der Waals surface area (Å²) < 4.78 is 5.43. The molecule has 0 aliphatic carbocycles. The Morgan fingerprint density at radius 2 is 2.12 bits per heavy atom. The van der Waals surface area contributed by atoms with Gasteiger partial charge in [0, 0.05) is 18.9 Å². The van der Waals surface area contributed by atoms with Gasteiger partial charge in [-0.05, 0) is 31.7 Å². The van der Waals surface area contributed by atoms with Crippen molar-refractivity contribution in [1.29, 1.82) is 0 Å². The zero-order valence-electron chi connectivity index (χ0n) is 10.4. The standard InChI is InChI=1S/C15H19NO/c1-12-5-3-6-13(9-12)14(11-16-2)10-15-7-4-8-17-15/h3-9,14,16H,10-11H2,1-2H3. The Kier molecular flexibility index (Phi) is 3.99. The Morgan fingerprint density at radius 3 is 2.76 bits per heavy atom. The van der Waals surface area contributed by atoms with Crippen LogP contribution in [0.1, 0.15) is 22.8 Å². The lowest BCUT2D eigenvalue weighted by molar-refractivity contribution is 0.479. The third kappa shape index (κ3) is 3.21. The van der Waals surface area contributed by atoms with E-state index in [0.29, 0.717) is 5.92 Å². The number of likely N-dealkylation sites (N-methyl/N-ethyl adjacent to an activating group) is 1. The van der Waals surface area contributed by atoms with Gasteiger partial charge in [-0.3, -0.25) is 0 Å². The van der Waals surface area contributed by atoms with Crippen LogP contribution in [0.4, 0.5) is 0 Å². The first-order valence-corrected chi connectivity index (χ1v) is 6.03. The lowest BCUT2D eigenvalue weighted by Crippen LogP contribution is -2.19. The number of furan rings is 1. The maximum Gasteiger partial charge on any atom is 0.104 e. The van der Waals surface area contributed by atoms with Crippen molar-refractivity contribution in [3.8, 4) is 0 Å². The van der Waals surface area contributed by atoms with Gasteiger partial charge in [-0.15, -0.1) is 0 Å². The summed E-state index contributed by atoms with van der Waals surface area (Å²) in [4.78, 5) is 0. The van der Waals surface area contributed by atoms with E-state index in [2.05, 4.69) is 36.5 Å². The van der Waals surface area contributed by atoms with Crippen LogP contribution >= 0.6 is 0 Å². The van der Waals surface area contributed by atoms with Crippen molar-refractivity contribution >= 4 is 0 Å². The number of nitrogens with one attached hydrogen (secondary N) is 1. The molecule has 2 nitrogen and oxygen atoms in total. The Balaban J connectivity index is 2.16. The Labute approximate surface area is 103 Å². The highest BCUT2D eigenvalue weighted by Crippen LogP contribution is 2.21. The van der Waals surface area contributed by atoms with Gasteiger partial charge in [-0.25, -0.2) is 0 Å². The Hall–Kier alpha value is -1.54. The molecule has 1 N–H and O–H groups in total. The van der Waals surface area contributed by atoms with E-state index in [1.54, 1.807) is 6.26 Å². The van der Waals surface area contributed by atoms with Gasteiger partial charge >= 0.3 is 0 Å². The van der Waals surface area contributed by atoms with Crippen LogP contribution in [0.15, 0.2) is 47.1 Å². The molecule has 1 heterocycles. The van der Waals surface area contributed by atoms with Gasteiger partial charge in [0.2, 0.25) is 0 Å². The average Bonchev–Trinajstić information content (AvgIpc) is 2.81. The van der Waals surface area contributed by atoms with Gasteiger partial charge < -0.3 is 9.73 Å². The topological polar surface area (TPSA) is 25.2 Å². The van der Waals surface area contributed by atoms with E-state index in [-0.39, 0.29) is 0 Å². The summed E-state index contributed by atoms with van der Waals surface area (Å²) >= 11 is 0. The minimum absolute atomic E-state index is 0.464. The van der Waals surface area contributed by atoms with Crippen LogP contribution < -0.4 is 5.32 Å². The molecule has 1 aromatic heterocycles. The van der Waals surface area contributed by atoms with E-state index >= 15 is 0 Å². The third-order valence-corrected chi connectivity index (χ3v) is 2.99. The molecule has 2 rings (SSSR count). The summed E-state index contributed by atoms with van der Waals surface area (Å²) in [6.45, 7) is 3.09. The smallest absolute Gasteiger partial charge is 0.104 e. The van der Waals surface area contributed by atoms with Gasteiger partial charge in [-0.2, -0.15) is 0 Å². The molecule has 0 aliphatic heterocycles. The second-order valence-electron chi connectivity index (χ2n) is 4.45. The molecule has 0 spiro atoms. The molecule has 0 radical (unpaired) electrons. The van der Waals surface area contributed by atoms with E-state index in [0.717, 1.165) is 18.7 Å². The molecule has 90 valence electrons. The minimum atomic E-state index is 0.464. The molecule has 0 fully saturated rings. The van der Waals surface area contributed by atoms with Crippen molar-refractivity contribution in [3.63, 3.8) is 0 Å². The van der Waals surface area contributed by atoms with Crippen LogP contribution in [0.5, 0.6) is 0 Å². The summed E-state index contributed by atoms with van der Waals surface area (Å²) in [5.41, 5.74) is 2.68. The van der Waals surface area contributed by atoms with Crippen molar-refractivity contribution < 1.29 is 4.42 Å². The number of benzene rings is 1. The Bertz CT molecular complexity index is 448. The number of rotatable bonds is 5. The van der Waals surface area contributed by atoms with Crippen LogP contribution in [0.25, 0.3) is 0 Å². The molecule has 17 heavy (non-hydrogen) atoms. The maximum atomic E-state index is 5.43. The third-order valence-electron chi connectivity index (χ3n) is 2.99. The van der Waals surface area contributed by atoms with Crippen LogP contribution in [-0.2, 0) is 6.42 Å². The van der Waals surface area contributed by atoms with Gasteiger partial charge in [-0.1, -0.05) is 29.8 Å². The van der Waals surface area contributed by atoms with Gasteiger partial charge in [0.15, 0.2) is 0 Å². The quantitative estimate of drug-likeness (QED) is 0.852. The minimum Gasteiger partial charge on any atom is -0.469 e. The number of hydrogen-bond donors (Lipinski definition) is 1. The second-order valence-corrected chi connectivity index (χ2v) is 4.45. The van der Waals surface area contributed by atoms with E-state index in [9.17, 15) is 0 Å². The summed E-state index contributed by atoms with van der Waals surface area (Å²) in [5.74, 6) is 1.51. The summed E-state index contributed by atoms with van der Waals surface area (Å²) in [7, 11) is 1.99. The SMILES string of the molecule is CNCC(Cc1ccco1)c1cccc(C)c1. The molecule has 0 amide bonds. The molecular weight excluding hydrogens is 210 g/mol. The molecule has 1 unspecified atom stereocenters. The fourth-order valence-electron chi connectivity index (χ4n) is 2.15. The zero-order chi connectivity index (χ0) is 12.1. The number of hydrogen-bond acceptors (Lipinski definition) is 2. The molecule has 0 saturated carbocycles. The van der Waals surface area contributed by atoms with Crippen LogP contribution in [0.3, 0.4) is 0 Å². The van der Waals surface area contributed by atoms with E-state index in [4.69, 9.17) is 4.42 Å². The van der Waals surface area contributed by atoms with E-state index < -0.39 is 0 Å². The lowest BCUT2D eigenvalue weighted by Gasteiger charge is -2.16. The van der Waals surface area contributed by atoms with Crippen molar-refractivity contribution in [2.24, 2.45) is 0 Å². The highest BCUT2D eigenvalue weighted by molar-refractivity contribution is 5.26. The molecule has 2 heteroatoms. The summed E-state index contributed by atoms with van der Waals surface area (Å²) in [6, 6.07) is 12.7. The van der Waals surface area contributed by atoms with Crippen molar-refractivity contribution in [1.82, 2.24) is 5.32 Å². The first-order chi connectivity index (χ1) is 8.29. The van der Waals surface area contributed by atoms with Crippen molar-refractivity contribution in [2.75, 3.05) is 13.6 Å². The predicted molar refractivity (Wildman–Crippen MR) is 70.3 cm³/mol. The largest absolute Gasteiger partial charge is 0.469 e. The summed E-state index contributed by atoms with van der Waals surface area (Å²) in [6.07, 6.45) is 2.68.